The first-order chi connectivity index (χ1) is 10.2. The van der Waals surface area contributed by atoms with Crippen LogP contribution in [0.2, 0.25) is 6.04 Å². The zero-order valence-electron chi connectivity index (χ0n) is 14.0. The highest BCUT2D eigenvalue weighted by atomic mass is 35.5. The van der Waals surface area contributed by atoms with Gasteiger partial charge in [-0.25, -0.2) is 9.13 Å². The van der Waals surface area contributed by atoms with Gasteiger partial charge in [-0.1, -0.05) is 6.42 Å². The number of halogens is 1. The molecular weight excluding hydrogens is 320 g/mol. The van der Waals surface area contributed by atoms with E-state index in [1.54, 1.807) is 21.3 Å². The maximum Gasteiger partial charge on any atom is 0.500 e. The molecule has 0 atom stereocenters. The van der Waals surface area contributed by atoms with Gasteiger partial charge in [0.2, 0.25) is 6.33 Å². The Morgan fingerprint density at radius 1 is 1.09 bits per heavy atom. The number of hydrogen-bond donors (Lipinski definition) is 0. The second kappa shape index (κ2) is 9.67. The van der Waals surface area contributed by atoms with Crippen LogP contribution in [-0.4, -0.2) is 34.7 Å². The number of nitrogens with zero attached hydrogens (tertiary/aromatic N) is 2. The van der Waals surface area contributed by atoms with E-state index in [-0.39, 0.29) is 12.4 Å². The van der Waals surface area contributed by atoms with Crippen molar-refractivity contribution in [3.05, 3.63) is 18.7 Å². The molecule has 1 aliphatic rings. The summed E-state index contributed by atoms with van der Waals surface area (Å²) in [5, 5.41) is 0. The standard InChI is InChI=1S/C15H29N2O3Si.ClH/c1-18-21(19-2,20-3)13-7-10-16-11-12-17(14-16)15-8-5-4-6-9-15;/h11-12,14-15H,4-10,13H2,1-3H3;1H/q+1;/p-1. The summed E-state index contributed by atoms with van der Waals surface area (Å²) in [7, 11) is 2.60. The van der Waals surface area contributed by atoms with Gasteiger partial charge in [0, 0.05) is 27.4 Å². The Kier molecular flexibility index (Phi) is 8.64. The lowest BCUT2D eigenvalue weighted by Crippen LogP contribution is -3.00. The van der Waals surface area contributed by atoms with E-state index < -0.39 is 8.80 Å². The fourth-order valence-corrected chi connectivity index (χ4v) is 4.88. The summed E-state index contributed by atoms with van der Waals surface area (Å²) in [5.41, 5.74) is 0. The minimum Gasteiger partial charge on any atom is -1.00 e. The zero-order chi connectivity index (χ0) is 15.1. The van der Waals surface area contributed by atoms with Crippen LogP contribution in [0.3, 0.4) is 0 Å². The van der Waals surface area contributed by atoms with Crippen LogP contribution in [0.1, 0.15) is 44.6 Å². The Labute approximate surface area is 141 Å². The summed E-state index contributed by atoms with van der Waals surface area (Å²) in [6.45, 7) is 0.977. The van der Waals surface area contributed by atoms with Crippen molar-refractivity contribution in [2.45, 2.75) is 57.2 Å². The molecule has 2 rings (SSSR count). The van der Waals surface area contributed by atoms with Crippen molar-refractivity contribution in [3.8, 4) is 0 Å². The number of rotatable bonds is 8. The highest BCUT2D eigenvalue weighted by Crippen LogP contribution is 2.23. The lowest BCUT2D eigenvalue weighted by molar-refractivity contribution is -0.725. The van der Waals surface area contributed by atoms with Gasteiger partial charge in [-0.05, 0) is 32.1 Å². The van der Waals surface area contributed by atoms with Crippen molar-refractivity contribution in [2.24, 2.45) is 0 Å². The first kappa shape index (κ1) is 19.6. The minimum absolute atomic E-state index is 0. The fourth-order valence-electron chi connectivity index (χ4n) is 3.17. The zero-order valence-corrected chi connectivity index (χ0v) is 15.7. The summed E-state index contributed by atoms with van der Waals surface area (Å²) in [6.07, 6.45) is 14.4. The van der Waals surface area contributed by atoms with Crippen LogP contribution >= 0.6 is 0 Å². The first-order valence-electron chi connectivity index (χ1n) is 7.95. The molecule has 7 heteroatoms. The molecule has 0 aliphatic heterocycles. The molecule has 0 spiro atoms. The Hall–Kier alpha value is -0.403. The molecule has 128 valence electrons. The van der Waals surface area contributed by atoms with Crippen LogP contribution in [0, 0.1) is 0 Å². The van der Waals surface area contributed by atoms with Crippen molar-refractivity contribution in [2.75, 3.05) is 21.3 Å². The summed E-state index contributed by atoms with van der Waals surface area (Å²) in [5.74, 6) is 0. The maximum atomic E-state index is 5.45. The Balaban J connectivity index is 0.00000242. The van der Waals surface area contributed by atoms with Gasteiger partial charge in [-0.2, -0.15) is 0 Å². The lowest BCUT2D eigenvalue weighted by atomic mass is 9.95. The summed E-state index contributed by atoms with van der Waals surface area (Å²) < 4.78 is 21.0. The first-order valence-corrected chi connectivity index (χ1v) is 9.88. The maximum absolute atomic E-state index is 5.45. The lowest BCUT2D eigenvalue weighted by Gasteiger charge is -2.23. The van der Waals surface area contributed by atoms with E-state index in [2.05, 4.69) is 27.9 Å². The predicted molar refractivity (Wildman–Crippen MR) is 83.0 cm³/mol. The normalized spacial score (nSPS) is 16.5. The average molecular weight is 349 g/mol. The van der Waals surface area contributed by atoms with Crippen molar-refractivity contribution in [3.63, 3.8) is 0 Å². The van der Waals surface area contributed by atoms with E-state index in [0.29, 0.717) is 6.04 Å². The van der Waals surface area contributed by atoms with E-state index in [4.69, 9.17) is 13.3 Å². The number of hydrogen-bond acceptors (Lipinski definition) is 3. The van der Waals surface area contributed by atoms with Gasteiger partial charge >= 0.3 is 8.80 Å². The average Bonchev–Trinajstić information content (AvgIpc) is 3.02. The van der Waals surface area contributed by atoms with Crippen LogP contribution in [0.5, 0.6) is 0 Å². The van der Waals surface area contributed by atoms with Gasteiger partial charge in [-0.3, -0.25) is 0 Å². The smallest absolute Gasteiger partial charge is 0.500 e. The SMILES string of the molecule is CO[Si](CCCn1cc[n+](C2CCCCC2)c1)(OC)OC.[Cl-]. The summed E-state index contributed by atoms with van der Waals surface area (Å²) in [6, 6.07) is 1.54. The highest BCUT2D eigenvalue weighted by molar-refractivity contribution is 6.60. The Morgan fingerprint density at radius 3 is 2.32 bits per heavy atom. The fraction of sp³-hybridized carbons (Fsp3) is 0.800. The highest BCUT2D eigenvalue weighted by Gasteiger charge is 2.37. The van der Waals surface area contributed by atoms with E-state index >= 15 is 0 Å². The third-order valence-corrected chi connectivity index (χ3v) is 7.37. The third kappa shape index (κ3) is 5.06. The second-order valence-corrected chi connectivity index (χ2v) is 8.88. The molecule has 0 amide bonds. The van der Waals surface area contributed by atoms with Crippen molar-refractivity contribution in [1.29, 1.82) is 0 Å². The van der Waals surface area contributed by atoms with E-state index in [1.807, 2.05) is 0 Å². The quantitative estimate of drug-likeness (QED) is 0.472. The molecule has 1 heterocycles. The molecule has 0 bridgehead atoms. The van der Waals surface area contributed by atoms with Gasteiger partial charge in [0.05, 0.1) is 6.54 Å². The van der Waals surface area contributed by atoms with Crippen LogP contribution in [0.4, 0.5) is 0 Å². The largest absolute Gasteiger partial charge is 1.00 e. The molecule has 22 heavy (non-hydrogen) atoms. The van der Waals surface area contributed by atoms with E-state index in [9.17, 15) is 0 Å². The molecule has 0 unspecified atom stereocenters. The Morgan fingerprint density at radius 2 is 1.73 bits per heavy atom. The van der Waals surface area contributed by atoms with Crippen molar-refractivity contribution >= 4 is 8.80 Å². The summed E-state index contributed by atoms with van der Waals surface area (Å²) in [4.78, 5) is 0. The molecular formula is C15H29ClN2O3Si. The van der Waals surface area contributed by atoms with E-state index in [1.165, 1.54) is 32.1 Å². The van der Waals surface area contributed by atoms with Gasteiger partial charge in [0.1, 0.15) is 18.4 Å². The molecule has 0 saturated heterocycles. The molecule has 1 aromatic heterocycles. The molecule has 1 aliphatic carbocycles. The molecule has 0 radical (unpaired) electrons. The van der Waals surface area contributed by atoms with E-state index in [0.717, 1.165) is 19.0 Å². The predicted octanol–water partition coefficient (Wildman–Crippen LogP) is -0.447. The van der Waals surface area contributed by atoms with Crippen LogP contribution in [0.15, 0.2) is 18.7 Å². The number of aryl methyl sites for hydroxylation is 1. The molecule has 1 fully saturated rings. The monoisotopic (exact) mass is 348 g/mol. The molecule has 1 aromatic rings. The molecule has 0 aromatic carbocycles. The van der Waals surface area contributed by atoms with Crippen molar-refractivity contribution < 1.29 is 30.3 Å². The topological polar surface area (TPSA) is 36.5 Å². The van der Waals surface area contributed by atoms with Crippen LogP contribution in [-0.2, 0) is 19.8 Å². The third-order valence-electron chi connectivity index (χ3n) is 4.54. The van der Waals surface area contributed by atoms with Crippen LogP contribution in [0.25, 0.3) is 0 Å². The van der Waals surface area contributed by atoms with Crippen molar-refractivity contribution in [1.82, 2.24) is 4.57 Å². The second-order valence-electron chi connectivity index (χ2n) is 5.79. The minimum atomic E-state index is -2.42. The van der Waals surface area contributed by atoms with Gasteiger partial charge < -0.3 is 25.7 Å². The number of aromatic nitrogens is 2. The molecule has 0 N–H and O–H groups in total. The van der Waals surface area contributed by atoms with Crippen LogP contribution < -0.4 is 17.0 Å². The van der Waals surface area contributed by atoms with Gasteiger partial charge in [0.25, 0.3) is 0 Å². The summed E-state index contributed by atoms with van der Waals surface area (Å²) >= 11 is 0. The van der Waals surface area contributed by atoms with Gasteiger partial charge in [-0.15, -0.1) is 0 Å². The van der Waals surface area contributed by atoms with Gasteiger partial charge in [0.15, 0.2) is 0 Å². The number of imidazole rings is 1. The Bertz CT molecular complexity index is 412. The molecule has 5 nitrogen and oxygen atoms in total. The molecule has 1 saturated carbocycles.